The van der Waals surface area contributed by atoms with Gasteiger partial charge in [-0.3, -0.25) is 4.98 Å². The summed E-state index contributed by atoms with van der Waals surface area (Å²) in [6.45, 7) is 3.20. The average Bonchev–Trinajstić information content (AvgIpc) is 2.28. The molecule has 0 bridgehead atoms. The number of aromatic nitrogens is 1. The molecule has 0 aliphatic rings. The number of hydrogen-bond donors (Lipinski definition) is 0. The highest BCUT2D eigenvalue weighted by Gasteiger charge is 2.33. The lowest BCUT2D eigenvalue weighted by atomic mass is 10.3. The zero-order chi connectivity index (χ0) is 13.8. The Morgan fingerprint density at radius 3 is 2.72 bits per heavy atom. The maximum atomic E-state index is 12.4. The van der Waals surface area contributed by atoms with Crippen LogP contribution in [0.3, 0.4) is 0 Å². The van der Waals surface area contributed by atoms with Gasteiger partial charge in [-0.25, -0.2) is 4.79 Å². The van der Waals surface area contributed by atoms with E-state index in [-0.39, 0.29) is 12.4 Å². The fourth-order valence-electron chi connectivity index (χ4n) is 1.15. The Morgan fingerprint density at radius 2 is 2.17 bits per heavy atom. The Morgan fingerprint density at radius 1 is 1.50 bits per heavy atom. The molecule has 1 aromatic rings. The van der Waals surface area contributed by atoms with E-state index in [2.05, 4.69) is 9.72 Å². The summed E-state index contributed by atoms with van der Waals surface area (Å²) < 4.78 is 46.8. The Hall–Kier alpha value is -1.79. The van der Waals surface area contributed by atoms with E-state index in [1.807, 2.05) is 0 Å². The Labute approximate surface area is 102 Å². The van der Waals surface area contributed by atoms with E-state index in [0.29, 0.717) is 0 Å². The first kappa shape index (κ1) is 14.3. The highest BCUT2D eigenvalue weighted by atomic mass is 19.4. The van der Waals surface area contributed by atoms with Gasteiger partial charge in [-0.2, -0.15) is 13.2 Å². The minimum absolute atomic E-state index is 0.0853. The maximum absolute atomic E-state index is 12.4. The number of carbonyl (C=O) groups excluding carboxylic acids is 1. The summed E-state index contributed by atoms with van der Waals surface area (Å²) in [6.07, 6.45) is -4.56. The Bertz CT molecular complexity index is 420. The van der Waals surface area contributed by atoms with Crippen LogP contribution in [0.4, 0.5) is 13.2 Å². The van der Waals surface area contributed by atoms with Crippen molar-refractivity contribution in [2.45, 2.75) is 26.1 Å². The molecule has 0 aliphatic carbocycles. The van der Waals surface area contributed by atoms with Gasteiger partial charge >= 0.3 is 12.1 Å². The lowest BCUT2D eigenvalue weighted by Gasteiger charge is -2.14. The smallest absolute Gasteiger partial charge is 0.433 e. The predicted molar refractivity (Wildman–Crippen MR) is 56.0 cm³/mol. The summed E-state index contributed by atoms with van der Waals surface area (Å²) in [5.41, 5.74) is -1.07. The summed E-state index contributed by atoms with van der Waals surface area (Å²) in [6, 6.07) is 1.97. The van der Waals surface area contributed by atoms with Crippen molar-refractivity contribution >= 4 is 5.97 Å². The molecule has 100 valence electrons. The van der Waals surface area contributed by atoms with Crippen LogP contribution in [0.1, 0.15) is 19.5 Å². The molecule has 0 radical (unpaired) electrons. The molecule has 1 unspecified atom stereocenters. The molecule has 1 rings (SSSR count). The van der Waals surface area contributed by atoms with Crippen LogP contribution in [-0.4, -0.2) is 23.7 Å². The van der Waals surface area contributed by atoms with E-state index in [9.17, 15) is 18.0 Å². The Kier molecular flexibility index (Phi) is 4.52. The second-order valence-electron chi connectivity index (χ2n) is 3.39. The molecule has 1 atom stereocenters. The summed E-state index contributed by atoms with van der Waals surface area (Å²) in [4.78, 5) is 14.4. The van der Waals surface area contributed by atoms with E-state index in [4.69, 9.17) is 4.74 Å². The van der Waals surface area contributed by atoms with Gasteiger partial charge in [-0.1, -0.05) is 0 Å². The maximum Gasteiger partial charge on any atom is 0.433 e. The number of nitrogens with zero attached hydrogens (tertiary/aromatic N) is 1. The van der Waals surface area contributed by atoms with Crippen molar-refractivity contribution in [2.24, 2.45) is 0 Å². The topological polar surface area (TPSA) is 48.4 Å². The first-order valence-electron chi connectivity index (χ1n) is 5.21. The van der Waals surface area contributed by atoms with Gasteiger partial charge < -0.3 is 9.47 Å². The minimum Gasteiger partial charge on any atom is -0.479 e. The molecule has 1 aromatic heterocycles. The third-order valence-corrected chi connectivity index (χ3v) is 1.95. The van der Waals surface area contributed by atoms with Crippen molar-refractivity contribution in [3.8, 4) is 5.75 Å². The molecule has 0 saturated carbocycles. The van der Waals surface area contributed by atoms with Crippen molar-refractivity contribution in [1.82, 2.24) is 4.98 Å². The molecule has 1 heterocycles. The molecule has 0 aromatic carbocycles. The standard InChI is InChI=1S/C11H12F3NO3/c1-3-17-10(16)7(2)18-8-4-5-15-9(6-8)11(12,13)14/h4-7H,3H2,1-2H3. The molecule has 4 nitrogen and oxygen atoms in total. The fraction of sp³-hybridized carbons (Fsp3) is 0.455. The van der Waals surface area contributed by atoms with Crippen molar-refractivity contribution < 1.29 is 27.4 Å². The predicted octanol–water partition coefficient (Wildman–Crippen LogP) is 2.43. The molecule has 0 N–H and O–H groups in total. The van der Waals surface area contributed by atoms with Crippen LogP contribution in [0.2, 0.25) is 0 Å². The fourth-order valence-corrected chi connectivity index (χ4v) is 1.15. The van der Waals surface area contributed by atoms with E-state index >= 15 is 0 Å². The van der Waals surface area contributed by atoms with Gasteiger partial charge in [0.15, 0.2) is 6.10 Å². The number of pyridine rings is 1. The molecular formula is C11H12F3NO3. The highest BCUT2D eigenvalue weighted by molar-refractivity contribution is 5.74. The lowest BCUT2D eigenvalue weighted by Crippen LogP contribution is -2.26. The van der Waals surface area contributed by atoms with Crippen LogP contribution in [-0.2, 0) is 15.7 Å². The minimum atomic E-state index is -4.55. The van der Waals surface area contributed by atoms with Gasteiger partial charge in [0.05, 0.1) is 6.61 Å². The van der Waals surface area contributed by atoms with Crippen molar-refractivity contribution in [3.05, 3.63) is 24.0 Å². The van der Waals surface area contributed by atoms with Gasteiger partial charge in [0.25, 0.3) is 0 Å². The highest BCUT2D eigenvalue weighted by Crippen LogP contribution is 2.29. The number of esters is 1. The molecule has 0 spiro atoms. The van der Waals surface area contributed by atoms with Gasteiger partial charge in [-0.05, 0) is 19.9 Å². The second-order valence-corrected chi connectivity index (χ2v) is 3.39. The molecule has 0 amide bonds. The van der Waals surface area contributed by atoms with Crippen LogP contribution in [0.5, 0.6) is 5.75 Å². The van der Waals surface area contributed by atoms with Crippen LogP contribution in [0.25, 0.3) is 0 Å². The van der Waals surface area contributed by atoms with Crippen LogP contribution < -0.4 is 4.74 Å². The molecule has 0 saturated heterocycles. The van der Waals surface area contributed by atoms with Gasteiger partial charge in [-0.15, -0.1) is 0 Å². The molecular weight excluding hydrogens is 251 g/mol. The van der Waals surface area contributed by atoms with Crippen LogP contribution in [0.15, 0.2) is 18.3 Å². The summed E-state index contributed by atoms with van der Waals surface area (Å²) in [5.74, 6) is -0.722. The summed E-state index contributed by atoms with van der Waals surface area (Å²) >= 11 is 0. The normalized spacial score (nSPS) is 12.9. The third-order valence-electron chi connectivity index (χ3n) is 1.95. The molecule has 0 aliphatic heterocycles. The van der Waals surface area contributed by atoms with E-state index in [1.165, 1.54) is 13.0 Å². The summed E-state index contributed by atoms with van der Waals surface area (Å²) in [7, 11) is 0. The number of carbonyl (C=O) groups is 1. The van der Waals surface area contributed by atoms with Crippen molar-refractivity contribution in [3.63, 3.8) is 0 Å². The first-order chi connectivity index (χ1) is 8.34. The monoisotopic (exact) mass is 263 g/mol. The molecule has 0 fully saturated rings. The van der Waals surface area contributed by atoms with Gasteiger partial charge in [0, 0.05) is 12.3 Å². The number of rotatable bonds is 4. The quantitative estimate of drug-likeness (QED) is 0.783. The largest absolute Gasteiger partial charge is 0.479 e. The van der Waals surface area contributed by atoms with Gasteiger partial charge in [0.2, 0.25) is 0 Å². The van der Waals surface area contributed by atoms with E-state index < -0.39 is 23.9 Å². The van der Waals surface area contributed by atoms with Gasteiger partial charge in [0.1, 0.15) is 11.4 Å². The van der Waals surface area contributed by atoms with Crippen molar-refractivity contribution in [1.29, 1.82) is 0 Å². The zero-order valence-corrected chi connectivity index (χ0v) is 9.82. The number of hydrogen-bond acceptors (Lipinski definition) is 4. The van der Waals surface area contributed by atoms with E-state index in [0.717, 1.165) is 12.3 Å². The SMILES string of the molecule is CCOC(=O)C(C)Oc1ccnc(C(F)(F)F)c1. The Balaban J connectivity index is 2.76. The van der Waals surface area contributed by atoms with Crippen LogP contribution >= 0.6 is 0 Å². The van der Waals surface area contributed by atoms with Crippen molar-refractivity contribution in [2.75, 3.05) is 6.61 Å². The van der Waals surface area contributed by atoms with Crippen LogP contribution in [0, 0.1) is 0 Å². The number of alkyl halides is 3. The van der Waals surface area contributed by atoms with E-state index in [1.54, 1.807) is 6.92 Å². The second kappa shape index (κ2) is 5.70. The first-order valence-corrected chi connectivity index (χ1v) is 5.21. The number of halogens is 3. The molecule has 7 heteroatoms. The summed E-state index contributed by atoms with van der Waals surface area (Å²) in [5, 5.41) is 0. The average molecular weight is 263 g/mol. The lowest BCUT2D eigenvalue weighted by molar-refractivity contribution is -0.150. The third kappa shape index (κ3) is 3.90. The zero-order valence-electron chi connectivity index (χ0n) is 9.82. The molecule has 18 heavy (non-hydrogen) atoms. The number of ether oxygens (including phenoxy) is 2.